The van der Waals surface area contributed by atoms with Gasteiger partial charge in [-0.2, -0.15) is 4.39 Å². The van der Waals surface area contributed by atoms with Gasteiger partial charge in [0, 0.05) is 12.1 Å². The highest BCUT2D eigenvalue weighted by Gasteiger charge is 2.11. The van der Waals surface area contributed by atoms with Crippen LogP contribution < -0.4 is 4.74 Å². The fourth-order valence-electron chi connectivity index (χ4n) is 1.19. The molecule has 4 heteroatoms. The molecule has 0 aliphatic rings. The topological polar surface area (TPSA) is 29.5 Å². The third-order valence-electron chi connectivity index (χ3n) is 1.99. The Bertz CT molecular complexity index is 327. The molecule has 15 heavy (non-hydrogen) atoms. The maximum atomic E-state index is 13.1. The van der Waals surface area contributed by atoms with E-state index in [1.807, 2.05) is 6.92 Å². The van der Waals surface area contributed by atoms with Crippen molar-refractivity contribution in [2.45, 2.75) is 26.2 Å². The molecule has 0 heterocycles. The standard InChI is InChI=1S/C11H14F2O2/c1-2-3-4-5-15-10-7-8(14)6-9(12)11(10)13/h6-7,14H,2-5H2,1H3. The molecule has 0 amide bonds. The van der Waals surface area contributed by atoms with Gasteiger partial charge in [-0.1, -0.05) is 19.8 Å². The summed E-state index contributed by atoms with van der Waals surface area (Å²) in [6, 6.07) is 1.79. The second-order valence-corrected chi connectivity index (χ2v) is 3.30. The molecule has 0 radical (unpaired) electrons. The Hall–Kier alpha value is -1.32. The maximum Gasteiger partial charge on any atom is 0.200 e. The molecular formula is C11H14F2O2. The molecule has 0 fully saturated rings. The van der Waals surface area contributed by atoms with Gasteiger partial charge in [0.05, 0.1) is 6.61 Å². The molecule has 1 aromatic carbocycles. The van der Waals surface area contributed by atoms with E-state index in [4.69, 9.17) is 9.84 Å². The summed E-state index contributed by atoms with van der Waals surface area (Å²) in [4.78, 5) is 0. The van der Waals surface area contributed by atoms with Crippen LogP contribution in [0.1, 0.15) is 26.2 Å². The van der Waals surface area contributed by atoms with Crippen molar-refractivity contribution in [2.75, 3.05) is 6.61 Å². The third kappa shape index (κ3) is 3.38. The normalized spacial score (nSPS) is 10.3. The van der Waals surface area contributed by atoms with Crippen LogP contribution >= 0.6 is 0 Å². The Morgan fingerprint density at radius 1 is 1.27 bits per heavy atom. The summed E-state index contributed by atoms with van der Waals surface area (Å²) in [7, 11) is 0. The quantitative estimate of drug-likeness (QED) is 0.765. The van der Waals surface area contributed by atoms with Crippen LogP contribution in [0.2, 0.25) is 0 Å². The maximum absolute atomic E-state index is 13.1. The Kier molecular flexibility index (Phi) is 4.34. The van der Waals surface area contributed by atoms with Gasteiger partial charge in [0.1, 0.15) is 5.75 Å². The van der Waals surface area contributed by atoms with Gasteiger partial charge in [-0.15, -0.1) is 0 Å². The number of phenolic OH excluding ortho intramolecular Hbond substituents is 1. The van der Waals surface area contributed by atoms with E-state index in [-0.39, 0.29) is 11.5 Å². The average molecular weight is 216 g/mol. The highest BCUT2D eigenvalue weighted by molar-refractivity contribution is 5.34. The lowest BCUT2D eigenvalue weighted by Crippen LogP contribution is -2.00. The zero-order valence-corrected chi connectivity index (χ0v) is 8.59. The monoisotopic (exact) mass is 216 g/mol. The van der Waals surface area contributed by atoms with Crippen molar-refractivity contribution in [1.82, 2.24) is 0 Å². The van der Waals surface area contributed by atoms with E-state index in [9.17, 15) is 8.78 Å². The van der Waals surface area contributed by atoms with Crippen LogP contribution in [0.25, 0.3) is 0 Å². The third-order valence-corrected chi connectivity index (χ3v) is 1.99. The van der Waals surface area contributed by atoms with Gasteiger partial charge < -0.3 is 9.84 Å². The van der Waals surface area contributed by atoms with Crippen molar-refractivity contribution in [2.24, 2.45) is 0 Å². The number of benzene rings is 1. The summed E-state index contributed by atoms with van der Waals surface area (Å²) in [5.41, 5.74) is 0. The van der Waals surface area contributed by atoms with E-state index in [1.54, 1.807) is 0 Å². The van der Waals surface area contributed by atoms with Crippen LogP contribution in [0.4, 0.5) is 8.78 Å². The summed E-state index contributed by atoms with van der Waals surface area (Å²) < 4.78 is 30.9. The fourth-order valence-corrected chi connectivity index (χ4v) is 1.19. The lowest BCUT2D eigenvalue weighted by atomic mass is 10.2. The van der Waals surface area contributed by atoms with Crippen LogP contribution in [0, 0.1) is 11.6 Å². The molecule has 0 aliphatic heterocycles. The Morgan fingerprint density at radius 3 is 2.67 bits per heavy atom. The molecule has 0 saturated carbocycles. The SMILES string of the molecule is CCCCCOc1cc(O)cc(F)c1F. The van der Waals surface area contributed by atoms with E-state index < -0.39 is 11.6 Å². The molecule has 1 aromatic rings. The van der Waals surface area contributed by atoms with Crippen molar-refractivity contribution in [3.8, 4) is 11.5 Å². The number of halogens is 2. The first kappa shape index (κ1) is 11.8. The van der Waals surface area contributed by atoms with Gasteiger partial charge in [0.25, 0.3) is 0 Å². The molecule has 0 saturated heterocycles. The summed E-state index contributed by atoms with van der Waals surface area (Å²) >= 11 is 0. The molecule has 0 spiro atoms. The number of unbranched alkanes of at least 4 members (excludes halogenated alkanes) is 2. The highest BCUT2D eigenvalue weighted by Crippen LogP contribution is 2.25. The van der Waals surface area contributed by atoms with Crippen LogP contribution in [0.15, 0.2) is 12.1 Å². The minimum Gasteiger partial charge on any atom is -0.508 e. The predicted octanol–water partition coefficient (Wildman–Crippen LogP) is 3.24. The molecule has 1 N–H and O–H groups in total. The van der Waals surface area contributed by atoms with Crippen LogP contribution in [-0.2, 0) is 0 Å². The van der Waals surface area contributed by atoms with Gasteiger partial charge in [-0.3, -0.25) is 0 Å². The molecular weight excluding hydrogens is 202 g/mol. The van der Waals surface area contributed by atoms with Crippen LogP contribution in [-0.4, -0.2) is 11.7 Å². The van der Waals surface area contributed by atoms with E-state index in [2.05, 4.69) is 0 Å². The molecule has 2 nitrogen and oxygen atoms in total. The fraction of sp³-hybridized carbons (Fsp3) is 0.455. The van der Waals surface area contributed by atoms with Crippen molar-refractivity contribution in [3.63, 3.8) is 0 Å². The molecule has 0 atom stereocenters. The molecule has 0 aromatic heterocycles. The minimum absolute atomic E-state index is 0.233. The second kappa shape index (κ2) is 5.53. The summed E-state index contributed by atoms with van der Waals surface area (Å²) in [6.45, 7) is 2.36. The van der Waals surface area contributed by atoms with E-state index >= 15 is 0 Å². The number of ether oxygens (including phenoxy) is 1. The summed E-state index contributed by atoms with van der Waals surface area (Å²) in [5.74, 6) is -2.72. The van der Waals surface area contributed by atoms with E-state index in [1.165, 1.54) is 0 Å². The number of hydrogen-bond donors (Lipinski definition) is 1. The zero-order chi connectivity index (χ0) is 11.3. The summed E-state index contributed by atoms with van der Waals surface area (Å²) in [6.07, 6.45) is 2.79. The van der Waals surface area contributed by atoms with E-state index in [0.29, 0.717) is 12.7 Å². The largest absolute Gasteiger partial charge is 0.508 e. The first-order chi connectivity index (χ1) is 7.15. The lowest BCUT2D eigenvalue weighted by molar-refractivity contribution is 0.284. The molecule has 0 unspecified atom stereocenters. The first-order valence-corrected chi connectivity index (χ1v) is 4.96. The Labute approximate surface area is 87.5 Å². The van der Waals surface area contributed by atoms with Gasteiger partial charge >= 0.3 is 0 Å². The predicted molar refractivity (Wildman–Crippen MR) is 53.0 cm³/mol. The number of aromatic hydroxyl groups is 1. The smallest absolute Gasteiger partial charge is 0.200 e. The Balaban J connectivity index is 2.60. The van der Waals surface area contributed by atoms with Gasteiger partial charge in [-0.25, -0.2) is 4.39 Å². The van der Waals surface area contributed by atoms with Crippen molar-refractivity contribution in [1.29, 1.82) is 0 Å². The number of phenols is 1. The lowest BCUT2D eigenvalue weighted by Gasteiger charge is -2.07. The zero-order valence-electron chi connectivity index (χ0n) is 8.59. The summed E-state index contributed by atoms with van der Waals surface area (Å²) in [5, 5.41) is 9.03. The average Bonchev–Trinajstić information content (AvgIpc) is 2.19. The van der Waals surface area contributed by atoms with Crippen molar-refractivity contribution in [3.05, 3.63) is 23.8 Å². The highest BCUT2D eigenvalue weighted by atomic mass is 19.2. The van der Waals surface area contributed by atoms with E-state index in [0.717, 1.165) is 25.3 Å². The Morgan fingerprint density at radius 2 is 2.00 bits per heavy atom. The molecule has 1 rings (SSSR count). The van der Waals surface area contributed by atoms with Crippen LogP contribution in [0.3, 0.4) is 0 Å². The second-order valence-electron chi connectivity index (χ2n) is 3.30. The molecule has 0 aliphatic carbocycles. The van der Waals surface area contributed by atoms with Gasteiger partial charge in [0.15, 0.2) is 11.6 Å². The number of hydrogen-bond acceptors (Lipinski definition) is 2. The van der Waals surface area contributed by atoms with Gasteiger partial charge in [0.2, 0.25) is 5.82 Å². The van der Waals surface area contributed by atoms with Crippen LogP contribution in [0.5, 0.6) is 11.5 Å². The first-order valence-electron chi connectivity index (χ1n) is 4.96. The number of rotatable bonds is 5. The minimum atomic E-state index is -1.10. The van der Waals surface area contributed by atoms with Gasteiger partial charge in [-0.05, 0) is 6.42 Å². The van der Waals surface area contributed by atoms with Crippen molar-refractivity contribution < 1.29 is 18.6 Å². The van der Waals surface area contributed by atoms with Crippen molar-refractivity contribution >= 4 is 0 Å². The molecule has 84 valence electrons. The molecule has 0 bridgehead atoms.